The van der Waals surface area contributed by atoms with Crippen molar-refractivity contribution >= 4 is 29.5 Å². The minimum Gasteiger partial charge on any atom is -0.484 e. The molecule has 9 nitrogen and oxygen atoms in total. The van der Waals surface area contributed by atoms with E-state index in [1.807, 2.05) is 6.07 Å². The number of amides is 2. The van der Waals surface area contributed by atoms with Crippen molar-refractivity contribution in [3.63, 3.8) is 0 Å². The summed E-state index contributed by atoms with van der Waals surface area (Å²) in [4.78, 5) is 39.4. The van der Waals surface area contributed by atoms with Crippen LogP contribution in [-0.4, -0.2) is 52.6 Å². The van der Waals surface area contributed by atoms with Crippen LogP contribution >= 0.6 is 11.8 Å². The Hall–Kier alpha value is -3.50. The minimum absolute atomic E-state index is 0.119. The number of rotatable bonds is 9. The minimum atomic E-state index is -0.863. The molecule has 0 radical (unpaired) electrons. The summed E-state index contributed by atoms with van der Waals surface area (Å²) in [5.74, 6) is -1.03. The highest BCUT2D eigenvalue weighted by Gasteiger charge is 2.59. The fourth-order valence-electron chi connectivity index (χ4n) is 4.03. The van der Waals surface area contributed by atoms with Crippen LogP contribution in [0.5, 0.6) is 5.75 Å². The number of ether oxygens (including phenoxy) is 2. The standard InChI is InChI=1S/C23H24N4O5S/c1-15-19(22(30)31-2)27-20(29)18(26-17(28)14-32-16-8-4-3-5-9-16)21(27)33-23(15,10-6-12-24)11-7-13-25/h3-5,8-9,18,21H,6-7,10-11,14H2,1-2H3,(H,26,28)/t18-,21-/m1/s1. The first-order chi connectivity index (χ1) is 15.9. The molecule has 2 aliphatic heterocycles. The van der Waals surface area contributed by atoms with E-state index in [1.54, 1.807) is 31.2 Å². The molecule has 0 aromatic heterocycles. The number of nitriles is 2. The number of methoxy groups -OCH3 is 1. The van der Waals surface area contributed by atoms with Crippen LogP contribution in [0.25, 0.3) is 0 Å². The van der Waals surface area contributed by atoms with Gasteiger partial charge in [0, 0.05) is 17.6 Å². The van der Waals surface area contributed by atoms with Gasteiger partial charge in [-0.3, -0.25) is 14.5 Å². The second-order valence-electron chi connectivity index (χ2n) is 7.64. The van der Waals surface area contributed by atoms with Crippen LogP contribution < -0.4 is 10.1 Å². The maximum Gasteiger partial charge on any atom is 0.354 e. The van der Waals surface area contributed by atoms with Crippen molar-refractivity contribution in [3.8, 4) is 17.9 Å². The SMILES string of the molecule is COC(=O)C1=C(C)C(CCC#N)(CCC#N)S[C@@H]2[C@H](NC(=O)COc3ccccc3)C(=O)N12. The molecule has 3 rings (SSSR count). The molecule has 33 heavy (non-hydrogen) atoms. The van der Waals surface area contributed by atoms with Crippen LogP contribution in [-0.2, 0) is 19.1 Å². The Morgan fingerprint density at radius 2 is 1.82 bits per heavy atom. The van der Waals surface area contributed by atoms with Crippen molar-refractivity contribution < 1.29 is 23.9 Å². The predicted octanol–water partition coefficient (Wildman–Crippen LogP) is 2.26. The van der Waals surface area contributed by atoms with Gasteiger partial charge in [-0.1, -0.05) is 18.2 Å². The van der Waals surface area contributed by atoms with Gasteiger partial charge in [0.25, 0.3) is 11.8 Å². The van der Waals surface area contributed by atoms with Crippen molar-refractivity contribution in [3.05, 3.63) is 41.6 Å². The zero-order valence-electron chi connectivity index (χ0n) is 18.4. The summed E-state index contributed by atoms with van der Waals surface area (Å²) in [5.41, 5.74) is 0.722. The predicted molar refractivity (Wildman–Crippen MR) is 119 cm³/mol. The Kier molecular flexibility index (Phi) is 7.62. The zero-order valence-corrected chi connectivity index (χ0v) is 19.2. The summed E-state index contributed by atoms with van der Waals surface area (Å²) in [6.07, 6.45) is 1.23. The average molecular weight is 469 g/mol. The van der Waals surface area contributed by atoms with E-state index in [1.165, 1.54) is 23.8 Å². The van der Waals surface area contributed by atoms with Crippen molar-refractivity contribution in [2.24, 2.45) is 0 Å². The molecule has 0 spiro atoms. The van der Waals surface area contributed by atoms with Gasteiger partial charge in [-0.15, -0.1) is 11.8 Å². The van der Waals surface area contributed by atoms with Gasteiger partial charge < -0.3 is 14.8 Å². The molecule has 2 aliphatic rings. The third kappa shape index (κ3) is 4.81. The van der Waals surface area contributed by atoms with Gasteiger partial charge in [-0.2, -0.15) is 10.5 Å². The molecule has 2 atom stereocenters. The molecular weight excluding hydrogens is 444 g/mol. The number of nitrogens with one attached hydrogen (secondary N) is 1. The molecule has 2 heterocycles. The third-order valence-corrected chi connectivity index (χ3v) is 7.65. The Bertz CT molecular complexity index is 1030. The van der Waals surface area contributed by atoms with Gasteiger partial charge in [0.05, 0.1) is 19.2 Å². The van der Waals surface area contributed by atoms with Gasteiger partial charge in [0.2, 0.25) is 0 Å². The smallest absolute Gasteiger partial charge is 0.354 e. The van der Waals surface area contributed by atoms with Crippen molar-refractivity contribution in [1.82, 2.24) is 10.2 Å². The monoisotopic (exact) mass is 468 g/mol. The highest BCUT2D eigenvalue weighted by atomic mass is 32.2. The Morgan fingerprint density at radius 3 is 2.39 bits per heavy atom. The highest BCUT2D eigenvalue weighted by molar-refractivity contribution is 8.01. The zero-order chi connectivity index (χ0) is 24.0. The fraction of sp³-hybridized carbons (Fsp3) is 0.435. The number of esters is 1. The number of β-lactam (4-membered cyclic amide) rings is 1. The maximum atomic E-state index is 12.9. The van der Waals surface area contributed by atoms with E-state index in [-0.39, 0.29) is 25.1 Å². The first-order valence-electron chi connectivity index (χ1n) is 10.4. The van der Waals surface area contributed by atoms with Crippen molar-refractivity contribution in [1.29, 1.82) is 10.5 Å². The summed E-state index contributed by atoms with van der Waals surface area (Å²) in [6.45, 7) is 1.47. The van der Waals surface area contributed by atoms with Crippen LogP contribution in [0.1, 0.15) is 32.6 Å². The van der Waals surface area contributed by atoms with Gasteiger partial charge in [0.1, 0.15) is 22.9 Å². The molecule has 1 aromatic carbocycles. The lowest BCUT2D eigenvalue weighted by molar-refractivity contribution is -0.152. The molecule has 0 saturated carbocycles. The Labute approximate surface area is 196 Å². The van der Waals surface area contributed by atoms with Gasteiger partial charge in [0.15, 0.2) is 6.61 Å². The highest BCUT2D eigenvalue weighted by Crippen LogP contribution is 2.54. The van der Waals surface area contributed by atoms with E-state index in [0.717, 1.165) is 0 Å². The molecule has 172 valence electrons. The third-order valence-electron chi connectivity index (χ3n) is 5.76. The molecule has 0 bridgehead atoms. The summed E-state index contributed by atoms with van der Waals surface area (Å²) in [7, 11) is 1.23. The molecule has 10 heteroatoms. The summed E-state index contributed by atoms with van der Waals surface area (Å²) in [6, 6.07) is 12.2. The second-order valence-corrected chi connectivity index (χ2v) is 9.14. The largest absolute Gasteiger partial charge is 0.484 e. The van der Waals surface area contributed by atoms with Crippen LogP contribution in [0.3, 0.4) is 0 Å². The number of thioether (sulfide) groups is 1. The van der Waals surface area contributed by atoms with Crippen LogP contribution in [0, 0.1) is 22.7 Å². The Balaban J connectivity index is 1.83. The Morgan fingerprint density at radius 1 is 1.18 bits per heavy atom. The van der Waals surface area contributed by atoms with Crippen LogP contribution in [0.15, 0.2) is 41.6 Å². The van der Waals surface area contributed by atoms with E-state index < -0.39 is 33.9 Å². The number of para-hydroxylation sites is 1. The first-order valence-corrected chi connectivity index (χ1v) is 11.3. The number of carbonyl (C=O) groups is 3. The van der Waals surface area contributed by atoms with E-state index >= 15 is 0 Å². The first kappa shape index (κ1) is 24.1. The topological polar surface area (TPSA) is 133 Å². The fourth-order valence-corrected chi connectivity index (χ4v) is 5.84. The number of fused-ring (bicyclic) bond motifs is 1. The number of carbonyl (C=O) groups excluding carboxylic acids is 3. The summed E-state index contributed by atoms with van der Waals surface area (Å²) in [5, 5.41) is 20.5. The van der Waals surface area contributed by atoms with E-state index in [9.17, 15) is 24.9 Å². The lowest BCUT2D eigenvalue weighted by atomic mass is 9.86. The van der Waals surface area contributed by atoms with E-state index in [0.29, 0.717) is 24.2 Å². The van der Waals surface area contributed by atoms with Gasteiger partial charge >= 0.3 is 5.97 Å². The number of hydrogen-bond acceptors (Lipinski definition) is 8. The van der Waals surface area contributed by atoms with Gasteiger partial charge in [-0.25, -0.2) is 4.79 Å². The number of hydrogen-bond donors (Lipinski definition) is 1. The molecule has 1 saturated heterocycles. The normalized spacial score (nSPS) is 20.6. The molecule has 1 aromatic rings. The lowest BCUT2D eigenvalue weighted by Crippen LogP contribution is -2.72. The molecule has 1 N–H and O–H groups in total. The van der Waals surface area contributed by atoms with Crippen LogP contribution in [0.4, 0.5) is 0 Å². The maximum absolute atomic E-state index is 12.9. The molecule has 0 unspecified atom stereocenters. The summed E-state index contributed by atoms with van der Waals surface area (Å²) >= 11 is 1.40. The lowest BCUT2D eigenvalue weighted by Gasteiger charge is -2.55. The molecule has 2 amide bonds. The average Bonchev–Trinajstić information content (AvgIpc) is 2.84. The number of nitrogens with zero attached hydrogens (tertiary/aromatic N) is 3. The van der Waals surface area contributed by atoms with Crippen molar-refractivity contribution in [2.75, 3.05) is 13.7 Å². The van der Waals surface area contributed by atoms with E-state index in [4.69, 9.17) is 9.47 Å². The molecule has 0 aliphatic carbocycles. The van der Waals surface area contributed by atoms with E-state index in [2.05, 4.69) is 17.5 Å². The quantitative estimate of drug-likeness (QED) is 0.431. The van der Waals surface area contributed by atoms with Crippen LogP contribution in [0.2, 0.25) is 0 Å². The summed E-state index contributed by atoms with van der Waals surface area (Å²) < 4.78 is 9.67. The van der Waals surface area contributed by atoms with Gasteiger partial charge in [-0.05, 0) is 37.5 Å². The molecule has 1 fully saturated rings. The van der Waals surface area contributed by atoms with Crippen molar-refractivity contribution in [2.45, 2.75) is 48.8 Å². The molecular formula is C23H24N4O5S. The second kappa shape index (κ2) is 10.4. The number of benzene rings is 1.